The summed E-state index contributed by atoms with van der Waals surface area (Å²) in [5, 5.41) is 9.83. The van der Waals surface area contributed by atoms with Crippen molar-refractivity contribution in [1.82, 2.24) is 9.47 Å². The summed E-state index contributed by atoms with van der Waals surface area (Å²) in [6.07, 6.45) is 4.70. The molecule has 3 heterocycles. The SMILES string of the molecule is CCCn1c(N2CCCC(C(=O)OCC)C2)c(C=C2SC(=S)N(C(C)CC)C2=O)c(C)c(C#N)c1=O. The summed E-state index contributed by atoms with van der Waals surface area (Å²) < 4.78 is 7.41. The first-order valence-corrected chi connectivity index (χ1v) is 13.8. The van der Waals surface area contributed by atoms with Crippen molar-refractivity contribution >= 4 is 52.1 Å². The Balaban J connectivity index is 2.21. The molecule has 1 amide bonds. The van der Waals surface area contributed by atoms with Crippen LogP contribution in [0, 0.1) is 24.2 Å². The van der Waals surface area contributed by atoms with E-state index in [0.717, 1.165) is 12.8 Å². The zero-order valence-electron chi connectivity index (χ0n) is 21.6. The molecular weight excluding hydrogens is 496 g/mol. The molecule has 2 aliphatic rings. The van der Waals surface area contributed by atoms with Crippen LogP contribution in [0.2, 0.25) is 0 Å². The number of esters is 1. The van der Waals surface area contributed by atoms with Crippen molar-refractivity contribution in [3.8, 4) is 6.07 Å². The van der Waals surface area contributed by atoms with Crippen molar-refractivity contribution in [3.05, 3.63) is 31.9 Å². The van der Waals surface area contributed by atoms with Crippen LogP contribution in [0.4, 0.5) is 5.82 Å². The lowest BCUT2D eigenvalue weighted by Crippen LogP contribution is -2.43. The normalized spacial score (nSPS) is 20.1. The minimum absolute atomic E-state index is 0.0277. The number of ether oxygens (including phenoxy) is 1. The lowest BCUT2D eigenvalue weighted by molar-refractivity contribution is -0.148. The van der Waals surface area contributed by atoms with Gasteiger partial charge in [-0.15, -0.1) is 0 Å². The third-order valence-corrected chi connectivity index (χ3v) is 8.10. The first-order chi connectivity index (χ1) is 17.2. The molecule has 0 aromatic carbocycles. The molecule has 8 nitrogen and oxygen atoms in total. The summed E-state index contributed by atoms with van der Waals surface area (Å²) >= 11 is 6.75. The van der Waals surface area contributed by atoms with Gasteiger partial charge in [-0.25, -0.2) is 0 Å². The number of hydrogen-bond donors (Lipinski definition) is 0. The highest BCUT2D eigenvalue weighted by atomic mass is 32.2. The molecule has 0 N–H and O–H groups in total. The number of anilines is 1. The van der Waals surface area contributed by atoms with Crippen LogP contribution in [0.5, 0.6) is 0 Å². The molecule has 0 bridgehead atoms. The van der Waals surface area contributed by atoms with E-state index >= 15 is 0 Å². The lowest BCUT2D eigenvalue weighted by atomic mass is 9.96. The predicted octanol–water partition coefficient (Wildman–Crippen LogP) is 4.22. The Bertz CT molecular complexity index is 1180. The fourth-order valence-electron chi connectivity index (χ4n) is 4.71. The van der Waals surface area contributed by atoms with E-state index in [0.29, 0.717) is 65.3 Å². The zero-order chi connectivity index (χ0) is 26.6. The number of carbonyl (C=O) groups is 2. The van der Waals surface area contributed by atoms with E-state index in [1.165, 1.54) is 11.8 Å². The van der Waals surface area contributed by atoms with Gasteiger partial charge in [0.2, 0.25) is 0 Å². The molecule has 0 spiro atoms. The number of pyridine rings is 1. The largest absolute Gasteiger partial charge is 0.466 e. The first kappa shape index (κ1) is 27.9. The molecular formula is C26H34N4O4S2. The zero-order valence-corrected chi connectivity index (χ0v) is 23.3. The average molecular weight is 531 g/mol. The quantitative estimate of drug-likeness (QED) is 0.280. The van der Waals surface area contributed by atoms with Crippen molar-refractivity contribution in [1.29, 1.82) is 5.26 Å². The highest BCUT2D eigenvalue weighted by Crippen LogP contribution is 2.38. The lowest BCUT2D eigenvalue weighted by Gasteiger charge is -2.36. The Hall–Kier alpha value is -2.64. The van der Waals surface area contributed by atoms with Crippen molar-refractivity contribution in [2.75, 3.05) is 24.6 Å². The summed E-state index contributed by atoms with van der Waals surface area (Å²) in [6.45, 7) is 11.3. The standard InChI is InChI=1S/C26H34N4O4S2/c1-6-11-29-22(28-12-9-10-18(15-28)25(33)34-8-3)19(17(5)20(14-27)23(29)31)13-21-24(32)30(16(4)7-2)26(35)36-21/h13,16,18H,6-12,15H2,1-5H3. The van der Waals surface area contributed by atoms with Crippen molar-refractivity contribution in [2.45, 2.75) is 72.9 Å². The number of amides is 1. The maximum Gasteiger partial charge on any atom is 0.310 e. The van der Waals surface area contributed by atoms with Crippen molar-refractivity contribution < 1.29 is 14.3 Å². The van der Waals surface area contributed by atoms with Gasteiger partial charge in [0.25, 0.3) is 11.5 Å². The Morgan fingerprint density at radius 3 is 2.67 bits per heavy atom. The number of rotatable bonds is 8. The average Bonchev–Trinajstić information content (AvgIpc) is 3.14. The number of hydrogen-bond acceptors (Lipinski definition) is 8. The molecule has 2 atom stereocenters. The molecule has 3 rings (SSSR count). The van der Waals surface area contributed by atoms with E-state index < -0.39 is 0 Å². The second-order valence-corrected chi connectivity index (χ2v) is 10.8. The van der Waals surface area contributed by atoms with Crippen molar-refractivity contribution in [2.24, 2.45) is 5.92 Å². The van der Waals surface area contributed by atoms with Crippen LogP contribution in [0.1, 0.15) is 70.1 Å². The predicted molar refractivity (Wildman–Crippen MR) is 147 cm³/mol. The number of aromatic nitrogens is 1. The van der Waals surface area contributed by atoms with Crippen LogP contribution in [0.3, 0.4) is 0 Å². The molecule has 0 saturated carbocycles. The first-order valence-electron chi connectivity index (χ1n) is 12.6. The fraction of sp³-hybridized carbons (Fsp3) is 0.577. The highest BCUT2D eigenvalue weighted by Gasteiger charge is 2.36. The van der Waals surface area contributed by atoms with Crippen LogP contribution in [0.15, 0.2) is 9.70 Å². The van der Waals surface area contributed by atoms with E-state index in [9.17, 15) is 19.6 Å². The van der Waals surface area contributed by atoms with Gasteiger partial charge in [0.05, 0.1) is 17.4 Å². The maximum absolute atomic E-state index is 13.4. The molecule has 2 aliphatic heterocycles. The van der Waals surface area contributed by atoms with E-state index in [1.54, 1.807) is 29.4 Å². The minimum Gasteiger partial charge on any atom is -0.466 e. The molecule has 2 unspecified atom stereocenters. The Morgan fingerprint density at radius 2 is 2.06 bits per heavy atom. The van der Waals surface area contributed by atoms with E-state index in [-0.39, 0.29) is 35.0 Å². The fourth-order valence-corrected chi connectivity index (χ4v) is 6.16. The van der Waals surface area contributed by atoms with Crippen molar-refractivity contribution in [3.63, 3.8) is 0 Å². The molecule has 10 heteroatoms. The monoisotopic (exact) mass is 530 g/mol. The molecule has 0 radical (unpaired) electrons. The number of carbonyl (C=O) groups excluding carboxylic acids is 2. The van der Waals surface area contributed by atoms with Crippen LogP contribution in [0.25, 0.3) is 6.08 Å². The molecule has 36 heavy (non-hydrogen) atoms. The number of nitriles is 1. The Labute approximate surface area is 222 Å². The highest BCUT2D eigenvalue weighted by molar-refractivity contribution is 8.26. The topological polar surface area (TPSA) is 95.6 Å². The van der Waals surface area contributed by atoms with Crippen LogP contribution in [-0.4, -0.2) is 51.4 Å². The van der Waals surface area contributed by atoms with E-state index in [2.05, 4.69) is 6.07 Å². The molecule has 0 aliphatic carbocycles. The second kappa shape index (κ2) is 12.1. The number of thioether (sulfide) groups is 1. The molecule has 1 aromatic heterocycles. The van der Waals surface area contributed by atoms with Gasteiger partial charge in [0.1, 0.15) is 21.8 Å². The molecule has 2 saturated heterocycles. The summed E-state index contributed by atoms with van der Waals surface area (Å²) in [5.41, 5.74) is 0.884. The van der Waals surface area contributed by atoms with Gasteiger partial charge in [0, 0.05) is 31.2 Å². The van der Waals surface area contributed by atoms with E-state index in [1.807, 2.05) is 25.7 Å². The summed E-state index contributed by atoms with van der Waals surface area (Å²) in [7, 11) is 0. The van der Waals surface area contributed by atoms with E-state index in [4.69, 9.17) is 17.0 Å². The number of piperidine rings is 1. The third-order valence-electron chi connectivity index (χ3n) is 6.77. The molecule has 194 valence electrons. The molecule has 2 fully saturated rings. The number of thiocarbonyl (C=S) groups is 1. The van der Waals surface area contributed by atoms with Crippen LogP contribution < -0.4 is 10.5 Å². The second-order valence-electron chi connectivity index (χ2n) is 9.15. The van der Waals surface area contributed by atoms with Gasteiger partial charge in [-0.2, -0.15) is 5.26 Å². The van der Waals surface area contributed by atoms with Gasteiger partial charge in [-0.3, -0.25) is 23.9 Å². The maximum atomic E-state index is 13.4. The van der Waals surface area contributed by atoms with Gasteiger partial charge in [-0.1, -0.05) is 37.8 Å². The van der Waals surface area contributed by atoms with Crippen LogP contribution >= 0.6 is 24.0 Å². The summed E-state index contributed by atoms with van der Waals surface area (Å²) in [5.74, 6) is -0.0788. The van der Waals surface area contributed by atoms with Gasteiger partial charge >= 0.3 is 5.97 Å². The summed E-state index contributed by atoms with van der Waals surface area (Å²) in [6, 6.07) is 2.05. The number of nitrogens with zero attached hydrogens (tertiary/aromatic N) is 4. The molecule has 1 aromatic rings. The van der Waals surface area contributed by atoms with Gasteiger partial charge in [0.15, 0.2) is 0 Å². The Kier molecular flexibility index (Phi) is 9.36. The van der Waals surface area contributed by atoms with Gasteiger partial charge < -0.3 is 9.64 Å². The van der Waals surface area contributed by atoms with Crippen LogP contribution in [-0.2, 0) is 20.9 Å². The Morgan fingerprint density at radius 1 is 1.33 bits per heavy atom. The minimum atomic E-state index is -0.352. The smallest absolute Gasteiger partial charge is 0.310 e. The van der Waals surface area contributed by atoms with Gasteiger partial charge in [-0.05, 0) is 58.1 Å². The third kappa shape index (κ3) is 5.37. The summed E-state index contributed by atoms with van der Waals surface area (Å²) in [4.78, 5) is 43.4.